The molecule has 1 aromatic rings. The van der Waals surface area contributed by atoms with E-state index in [0.29, 0.717) is 38.7 Å². The van der Waals surface area contributed by atoms with Gasteiger partial charge in [-0.3, -0.25) is 0 Å². The Morgan fingerprint density at radius 2 is 2.00 bits per heavy atom. The van der Waals surface area contributed by atoms with Gasteiger partial charge in [-0.1, -0.05) is 19.1 Å². The third-order valence-electron chi connectivity index (χ3n) is 2.73. The minimum Gasteiger partial charge on any atom is -0.490 e. The molecule has 114 valence electrons. The lowest BCUT2D eigenvalue weighted by molar-refractivity contribution is 0.0641. The lowest BCUT2D eigenvalue weighted by Crippen LogP contribution is -2.14. The predicted molar refractivity (Wildman–Crippen MR) is 76.6 cm³/mol. The van der Waals surface area contributed by atoms with Gasteiger partial charge in [0.1, 0.15) is 0 Å². The predicted octanol–water partition coefficient (Wildman–Crippen LogP) is 2.37. The molecule has 0 fully saturated rings. The summed E-state index contributed by atoms with van der Waals surface area (Å²) in [6.07, 6.45) is 0.721. The summed E-state index contributed by atoms with van der Waals surface area (Å²) in [5.41, 5.74) is 0.840. The Kier molecular flexibility index (Phi) is 8.95. The summed E-state index contributed by atoms with van der Waals surface area (Å²) >= 11 is 0. The molecule has 0 saturated heterocycles. The fraction of sp³-hybridized carbons (Fsp3) is 0.600. The van der Waals surface area contributed by atoms with Crippen LogP contribution in [0.15, 0.2) is 18.2 Å². The van der Waals surface area contributed by atoms with Crippen LogP contribution in [-0.4, -0.2) is 40.1 Å². The van der Waals surface area contributed by atoms with Crippen LogP contribution >= 0.6 is 0 Å². The van der Waals surface area contributed by atoms with Gasteiger partial charge in [0.2, 0.25) is 0 Å². The molecule has 0 bridgehead atoms. The normalized spacial score (nSPS) is 10.8. The summed E-state index contributed by atoms with van der Waals surface area (Å²) in [7, 11) is 1.64. The van der Waals surface area contributed by atoms with E-state index < -0.39 is 0 Å². The number of hydrogen-bond donors (Lipinski definition) is 1. The number of hydrogen-bond acceptors (Lipinski definition) is 4. The minimum absolute atomic E-state index is 0.319. The van der Waals surface area contributed by atoms with Gasteiger partial charge in [0.25, 0.3) is 0 Å². The van der Waals surface area contributed by atoms with Crippen molar-refractivity contribution < 1.29 is 18.6 Å². The van der Waals surface area contributed by atoms with Crippen LogP contribution in [0, 0.1) is 5.82 Å². The maximum atomic E-state index is 13.8. The van der Waals surface area contributed by atoms with E-state index in [1.54, 1.807) is 13.2 Å². The van der Waals surface area contributed by atoms with E-state index in [-0.39, 0.29) is 5.82 Å². The number of nitrogens with one attached hydrogen (secondary N) is 1. The second kappa shape index (κ2) is 10.6. The number of benzene rings is 1. The lowest BCUT2D eigenvalue weighted by Gasteiger charge is -2.12. The Morgan fingerprint density at radius 1 is 1.15 bits per heavy atom. The molecule has 0 aromatic heterocycles. The van der Waals surface area contributed by atoms with Crippen LogP contribution in [0.25, 0.3) is 0 Å². The van der Waals surface area contributed by atoms with Gasteiger partial charge >= 0.3 is 0 Å². The molecule has 0 aliphatic carbocycles. The van der Waals surface area contributed by atoms with Crippen molar-refractivity contribution in [3.63, 3.8) is 0 Å². The van der Waals surface area contributed by atoms with Crippen LogP contribution in [0.5, 0.6) is 5.75 Å². The first kappa shape index (κ1) is 16.9. The number of halogens is 1. The molecule has 0 radical (unpaired) electrons. The molecule has 20 heavy (non-hydrogen) atoms. The highest BCUT2D eigenvalue weighted by Gasteiger charge is 2.09. The van der Waals surface area contributed by atoms with Gasteiger partial charge in [0.15, 0.2) is 11.6 Å². The van der Waals surface area contributed by atoms with Crippen molar-refractivity contribution in [3.8, 4) is 5.75 Å². The van der Waals surface area contributed by atoms with Crippen molar-refractivity contribution in [2.45, 2.75) is 19.9 Å². The summed E-state index contributed by atoms with van der Waals surface area (Å²) < 4.78 is 29.5. The van der Waals surface area contributed by atoms with E-state index in [2.05, 4.69) is 5.32 Å². The van der Waals surface area contributed by atoms with E-state index in [9.17, 15) is 4.39 Å². The molecule has 0 amide bonds. The van der Waals surface area contributed by atoms with Crippen LogP contribution in [-0.2, 0) is 16.0 Å². The number of methoxy groups -OCH3 is 1. The molecular weight excluding hydrogens is 261 g/mol. The molecule has 0 spiro atoms. The highest BCUT2D eigenvalue weighted by atomic mass is 19.1. The lowest BCUT2D eigenvalue weighted by atomic mass is 10.2. The van der Waals surface area contributed by atoms with Gasteiger partial charge in [-0.2, -0.15) is 0 Å². The quantitative estimate of drug-likeness (QED) is 0.634. The standard InChI is InChI=1S/C15H24FNO3/c1-3-17-12-13-6-4-7-14(16)15(13)20-9-5-8-19-11-10-18-2/h4,6-7,17H,3,5,8-12H2,1-2H3. The molecule has 1 rings (SSSR count). The zero-order chi connectivity index (χ0) is 14.6. The van der Waals surface area contributed by atoms with Crippen LogP contribution in [0.2, 0.25) is 0 Å². The van der Waals surface area contributed by atoms with Gasteiger partial charge < -0.3 is 19.5 Å². The minimum atomic E-state index is -0.319. The largest absolute Gasteiger partial charge is 0.490 e. The summed E-state index contributed by atoms with van der Waals surface area (Å²) in [4.78, 5) is 0. The average molecular weight is 285 g/mol. The van der Waals surface area contributed by atoms with Crippen LogP contribution in [0.4, 0.5) is 4.39 Å². The van der Waals surface area contributed by atoms with Crippen molar-refractivity contribution in [2.24, 2.45) is 0 Å². The summed E-state index contributed by atoms with van der Waals surface area (Å²) in [6, 6.07) is 4.98. The van der Waals surface area contributed by atoms with Crippen molar-refractivity contribution in [3.05, 3.63) is 29.6 Å². The average Bonchev–Trinajstić information content (AvgIpc) is 2.46. The molecule has 0 atom stereocenters. The molecular formula is C15H24FNO3. The number of ether oxygens (including phenoxy) is 3. The highest BCUT2D eigenvalue weighted by molar-refractivity contribution is 5.34. The Bertz CT molecular complexity index is 374. The Balaban J connectivity index is 2.34. The molecule has 0 aliphatic rings. The van der Waals surface area contributed by atoms with E-state index >= 15 is 0 Å². The van der Waals surface area contributed by atoms with Crippen molar-refractivity contribution in [1.82, 2.24) is 5.32 Å². The monoisotopic (exact) mass is 285 g/mol. The van der Waals surface area contributed by atoms with Gasteiger partial charge in [-0.25, -0.2) is 4.39 Å². The topological polar surface area (TPSA) is 39.7 Å². The van der Waals surface area contributed by atoms with Crippen LogP contribution in [0.1, 0.15) is 18.9 Å². The first-order valence-electron chi connectivity index (χ1n) is 6.97. The molecule has 4 nitrogen and oxygen atoms in total. The van der Waals surface area contributed by atoms with Crippen molar-refractivity contribution in [2.75, 3.05) is 40.1 Å². The van der Waals surface area contributed by atoms with Crippen molar-refractivity contribution >= 4 is 0 Å². The Morgan fingerprint density at radius 3 is 2.75 bits per heavy atom. The van der Waals surface area contributed by atoms with Gasteiger partial charge in [0, 0.05) is 32.2 Å². The first-order chi connectivity index (χ1) is 9.79. The zero-order valence-corrected chi connectivity index (χ0v) is 12.3. The number of para-hydroxylation sites is 1. The zero-order valence-electron chi connectivity index (χ0n) is 12.3. The van der Waals surface area contributed by atoms with E-state index in [1.165, 1.54) is 6.07 Å². The fourth-order valence-corrected chi connectivity index (χ4v) is 1.69. The fourth-order valence-electron chi connectivity index (χ4n) is 1.69. The van der Waals surface area contributed by atoms with Gasteiger partial charge in [-0.15, -0.1) is 0 Å². The molecule has 0 heterocycles. The van der Waals surface area contributed by atoms with E-state index in [0.717, 1.165) is 18.5 Å². The Hall–Kier alpha value is -1.17. The maximum absolute atomic E-state index is 13.8. The SMILES string of the molecule is CCNCc1cccc(F)c1OCCCOCCOC. The van der Waals surface area contributed by atoms with Crippen LogP contribution in [0.3, 0.4) is 0 Å². The molecule has 0 aliphatic heterocycles. The molecule has 1 N–H and O–H groups in total. The van der Waals surface area contributed by atoms with Gasteiger partial charge in [0.05, 0.1) is 19.8 Å². The van der Waals surface area contributed by atoms with E-state index in [4.69, 9.17) is 14.2 Å². The highest BCUT2D eigenvalue weighted by Crippen LogP contribution is 2.22. The van der Waals surface area contributed by atoms with E-state index in [1.807, 2.05) is 13.0 Å². The van der Waals surface area contributed by atoms with Gasteiger partial charge in [-0.05, 0) is 12.6 Å². The second-order valence-corrected chi connectivity index (χ2v) is 4.32. The second-order valence-electron chi connectivity index (χ2n) is 4.32. The Labute approximate surface area is 120 Å². The third-order valence-corrected chi connectivity index (χ3v) is 2.73. The summed E-state index contributed by atoms with van der Waals surface area (Å²) in [5.74, 6) is 0.0195. The van der Waals surface area contributed by atoms with Crippen molar-refractivity contribution in [1.29, 1.82) is 0 Å². The molecule has 0 saturated carbocycles. The summed E-state index contributed by atoms with van der Waals surface area (Å²) in [6.45, 7) is 5.63. The first-order valence-corrected chi connectivity index (χ1v) is 6.97. The summed E-state index contributed by atoms with van der Waals surface area (Å²) in [5, 5.41) is 3.17. The molecule has 1 aromatic carbocycles. The maximum Gasteiger partial charge on any atom is 0.165 e. The molecule has 5 heteroatoms. The smallest absolute Gasteiger partial charge is 0.165 e. The molecule has 0 unspecified atom stereocenters. The third kappa shape index (κ3) is 6.32. The van der Waals surface area contributed by atoms with Crippen LogP contribution < -0.4 is 10.1 Å². The number of rotatable bonds is 11.